The lowest BCUT2D eigenvalue weighted by Crippen LogP contribution is -2.02. The Bertz CT molecular complexity index is 1170. The van der Waals surface area contributed by atoms with E-state index in [-0.39, 0.29) is 12.2 Å². The first-order valence-electron chi connectivity index (χ1n) is 8.08. The monoisotopic (exact) mass is 401 g/mol. The number of halogens is 2. The number of ether oxygens (including phenoxy) is 1. The van der Waals surface area contributed by atoms with E-state index in [9.17, 15) is 4.79 Å². The summed E-state index contributed by atoms with van der Waals surface area (Å²) >= 11 is 11.9. The van der Waals surface area contributed by atoms with Crippen molar-refractivity contribution in [3.63, 3.8) is 0 Å². The van der Waals surface area contributed by atoms with Gasteiger partial charge in [0.2, 0.25) is 11.4 Å². The van der Waals surface area contributed by atoms with Crippen LogP contribution in [-0.4, -0.2) is 15.2 Å². The highest BCUT2D eigenvalue weighted by Gasteiger charge is 2.09. The van der Waals surface area contributed by atoms with E-state index in [1.54, 1.807) is 30.3 Å². The molecule has 4 rings (SSSR count). The molecule has 0 radical (unpaired) electrons. The number of pyridine rings is 1. The molecule has 0 saturated heterocycles. The lowest BCUT2D eigenvalue weighted by molar-refractivity contribution is 0.260. The molecule has 1 N–H and O–H groups in total. The number of aromatic amines is 1. The molecule has 2 aromatic carbocycles. The van der Waals surface area contributed by atoms with Crippen LogP contribution in [0.3, 0.4) is 0 Å². The van der Waals surface area contributed by atoms with Gasteiger partial charge in [-0.3, -0.25) is 4.79 Å². The third kappa shape index (κ3) is 4.13. The molecular formula is C19H13Cl2N3O3. The van der Waals surface area contributed by atoms with Crippen molar-refractivity contribution in [2.45, 2.75) is 13.0 Å². The molecule has 0 unspecified atom stereocenters. The van der Waals surface area contributed by atoms with E-state index in [1.165, 1.54) is 6.07 Å². The number of benzene rings is 2. The Kier molecular flexibility index (Phi) is 4.83. The summed E-state index contributed by atoms with van der Waals surface area (Å²) in [5, 5.41) is 9.87. The van der Waals surface area contributed by atoms with Crippen molar-refractivity contribution < 1.29 is 9.15 Å². The summed E-state index contributed by atoms with van der Waals surface area (Å²) in [6, 6.07) is 14.0. The van der Waals surface area contributed by atoms with Crippen molar-refractivity contribution in [1.29, 1.82) is 0 Å². The molecule has 0 aliphatic rings. The Morgan fingerprint density at radius 1 is 0.963 bits per heavy atom. The van der Waals surface area contributed by atoms with Crippen molar-refractivity contribution in [2.24, 2.45) is 0 Å². The van der Waals surface area contributed by atoms with Gasteiger partial charge < -0.3 is 14.1 Å². The predicted octanol–water partition coefficient (Wildman–Crippen LogP) is 4.39. The number of fused-ring (bicyclic) bond motifs is 1. The second-order valence-electron chi connectivity index (χ2n) is 5.88. The number of rotatable bonds is 5. The SMILES string of the molecule is O=c1ccc2cc(OCc3nnc(Cc4ccc(Cl)c(Cl)c4)o3)ccc2[nH]1. The number of H-pyrrole nitrogens is 1. The highest BCUT2D eigenvalue weighted by molar-refractivity contribution is 6.42. The molecule has 27 heavy (non-hydrogen) atoms. The Labute approximate surface area is 163 Å². The van der Waals surface area contributed by atoms with Crippen LogP contribution in [0.15, 0.2) is 57.7 Å². The molecule has 6 nitrogen and oxygen atoms in total. The molecule has 0 aliphatic heterocycles. The van der Waals surface area contributed by atoms with Crippen LogP contribution < -0.4 is 10.3 Å². The minimum Gasteiger partial charge on any atom is -0.484 e. The first-order valence-corrected chi connectivity index (χ1v) is 8.83. The molecule has 2 aromatic heterocycles. The van der Waals surface area contributed by atoms with Gasteiger partial charge in [-0.1, -0.05) is 29.3 Å². The fraction of sp³-hybridized carbons (Fsp3) is 0.105. The second-order valence-corrected chi connectivity index (χ2v) is 6.69. The molecule has 0 aliphatic carbocycles. The third-order valence-corrected chi connectivity index (χ3v) is 4.64. The topological polar surface area (TPSA) is 81.0 Å². The van der Waals surface area contributed by atoms with Gasteiger partial charge in [-0.2, -0.15) is 0 Å². The summed E-state index contributed by atoms with van der Waals surface area (Å²) in [5.41, 5.74) is 1.53. The Balaban J connectivity index is 1.42. The molecule has 0 spiro atoms. The number of aromatic nitrogens is 3. The molecule has 4 aromatic rings. The highest BCUT2D eigenvalue weighted by atomic mass is 35.5. The smallest absolute Gasteiger partial charge is 0.253 e. The van der Waals surface area contributed by atoms with E-state index in [1.807, 2.05) is 12.1 Å². The van der Waals surface area contributed by atoms with Crippen LogP contribution in [0.25, 0.3) is 10.9 Å². The van der Waals surface area contributed by atoms with E-state index in [0.29, 0.717) is 34.0 Å². The van der Waals surface area contributed by atoms with Gasteiger partial charge in [-0.15, -0.1) is 10.2 Å². The lowest BCUT2D eigenvalue weighted by Gasteiger charge is -2.04. The fourth-order valence-electron chi connectivity index (χ4n) is 2.61. The largest absolute Gasteiger partial charge is 0.484 e. The zero-order valence-electron chi connectivity index (χ0n) is 13.9. The summed E-state index contributed by atoms with van der Waals surface area (Å²) in [6.07, 6.45) is 0.452. The molecule has 8 heteroatoms. The average Bonchev–Trinajstić information content (AvgIpc) is 3.10. The zero-order valence-corrected chi connectivity index (χ0v) is 15.4. The molecule has 0 amide bonds. The van der Waals surface area contributed by atoms with Crippen molar-refractivity contribution in [3.05, 3.63) is 86.3 Å². The van der Waals surface area contributed by atoms with Gasteiger partial charge in [0.25, 0.3) is 5.89 Å². The molecule has 136 valence electrons. The summed E-state index contributed by atoms with van der Waals surface area (Å²) in [4.78, 5) is 14.1. The van der Waals surface area contributed by atoms with Crippen LogP contribution in [-0.2, 0) is 13.0 Å². The molecule has 2 heterocycles. The van der Waals surface area contributed by atoms with Gasteiger partial charge in [0.1, 0.15) is 5.75 Å². The average molecular weight is 402 g/mol. The molecule has 0 atom stereocenters. The third-order valence-electron chi connectivity index (χ3n) is 3.91. The van der Waals surface area contributed by atoms with Gasteiger partial charge in [0.05, 0.1) is 16.5 Å². The van der Waals surface area contributed by atoms with Gasteiger partial charge >= 0.3 is 0 Å². The minimum atomic E-state index is -0.142. The quantitative estimate of drug-likeness (QED) is 0.536. The van der Waals surface area contributed by atoms with Crippen LogP contribution in [0.1, 0.15) is 17.3 Å². The van der Waals surface area contributed by atoms with Gasteiger partial charge in [0, 0.05) is 17.0 Å². The Hall–Kier alpha value is -2.83. The van der Waals surface area contributed by atoms with E-state index in [4.69, 9.17) is 32.4 Å². The van der Waals surface area contributed by atoms with Crippen molar-refractivity contribution in [3.8, 4) is 5.75 Å². The van der Waals surface area contributed by atoms with Crippen LogP contribution in [0.2, 0.25) is 10.0 Å². The number of hydrogen-bond acceptors (Lipinski definition) is 5. The number of nitrogens with zero attached hydrogens (tertiary/aromatic N) is 2. The standard InChI is InChI=1S/C19H13Cl2N3O3/c20-14-4-1-11(7-15(14)21)8-18-23-24-19(27-18)10-26-13-3-5-16-12(9-13)2-6-17(25)22-16/h1-7,9H,8,10H2,(H,22,25). The van der Waals surface area contributed by atoms with Crippen LogP contribution in [0.4, 0.5) is 0 Å². The second kappa shape index (κ2) is 7.42. The molecule has 0 fully saturated rings. The van der Waals surface area contributed by atoms with Crippen molar-refractivity contribution in [2.75, 3.05) is 0 Å². The Morgan fingerprint density at radius 2 is 1.81 bits per heavy atom. The number of nitrogens with one attached hydrogen (secondary N) is 1. The maximum absolute atomic E-state index is 11.3. The predicted molar refractivity (Wildman–Crippen MR) is 102 cm³/mol. The summed E-state index contributed by atoms with van der Waals surface area (Å²) in [6.45, 7) is 0.142. The highest BCUT2D eigenvalue weighted by Crippen LogP contribution is 2.24. The maximum atomic E-state index is 11.3. The van der Waals surface area contributed by atoms with E-state index in [2.05, 4.69) is 15.2 Å². The van der Waals surface area contributed by atoms with Crippen LogP contribution >= 0.6 is 23.2 Å². The van der Waals surface area contributed by atoms with Gasteiger partial charge in [-0.05, 0) is 42.0 Å². The molecule has 0 saturated carbocycles. The fourth-order valence-corrected chi connectivity index (χ4v) is 2.93. The summed E-state index contributed by atoms with van der Waals surface area (Å²) < 4.78 is 11.3. The summed E-state index contributed by atoms with van der Waals surface area (Å²) in [7, 11) is 0. The molecular weight excluding hydrogens is 389 g/mol. The van der Waals surface area contributed by atoms with E-state index >= 15 is 0 Å². The van der Waals surface area contributed by atoms with Gasteiger partial charge in [0.15, 0.2) is 6.61 Å². The maximum Gasteiger partial charge on any atom is 0.253 e. The Morgan fingerprint density at radius 3 is 2.67 bits per heavy atom. The first-order chi connectivity index (χ1) is 13.1. The van der Waals surface area contributed by atoms with E-state index < -0.39 is 0 Å². The first kappa shape index (κ1) is 17.6. The van der Waals surface area contributed by atoms with E-state index in [0.717, 1.165) is 16.5 Å². The van der Waals surface area contributed by atoms with Crippen LogP contribution in [0, 0.1) is 0 Å². The van der Waals surface area contributed by atoms with Crippen molar-refractivity contribution >= 4 is 34.1 Å². The lowest BCUT2D eigenvalue weighted by atomic mass is 10.1. The van der Waals surface area contributed by atoms with Crippen LogP contribution in [0.5, 0.6) is 5.75 Å². The minimum absolute atomic E-state index is 0.142. The molecule has 0 bridgehead atoms. The van der Waals surface area contributed by atoms with Gasteiger partial charge in [-0.25, -0.2) is 0 Å². The summed E-state index contributed by atoms with van der Waals surface area (Å²) in [5.74, 6) is 1.47. The normalized spacial score (nSPS) is 11.0. The van der Waals surface area contributed by atoms with Crippen molar-refractivity contribution in [1.82, 2.24) is 15.2 Å². The number of hydrogen-bond donors (Lipinski definition) is 1. The zero-order chi connectivity index (χ0) is 18.8.